The van der Waals surface area contributed by atoms with Crippen molar-refractivity contribution in [3.63, 3.8) is 0 Å². The number of alkyl halides is 2. The zero-order chi connectivity index (χ0) is 18.1. The average Bonchev–Trinajstić information content (AvgIpc) is 3.36. The van der Waals surface area contributed by atoms with E-state index in [2.05, 4.69) is 24.8 Å². The number of hydrogen-bond acceptors (Lipinski definition) is 7. The van der Waals surface area contributed by atoms with Gasteiger partial charge < -0.3 is 14.2 Å². The fourth-order valence-electron chi connectivity index (χ4n) is 2.94. The number of hydrogen-bond donors (Lipinski definition) is 0. The molecule has 1 fully saturated rings. The average molecular weight is 382 g/mol. The molecule has 0 aliphatic carbocycles. The molecule has 4 rings (SSSR count). The summed E-state index contributed by atoms with van der Waals surface area (Å²) in [5, 5.41) is 6.55. The SMILES string of the molecule is Fc1ccc(OC(F)F)cc1-c1noc(C2CCCN2c2nccs2)n1. The highest BCUT2D eigenvalue weighted by Crippen LogP contribution is 2.37. The molecule has 1 aromatic carbocycles. The molecular formula is C16H13F3N4O2S. The summed E-state index contributed by atoms with van der Waals surface area (Å²) in [6.45, 7) is -2.19. The van der Waals surface area contributed by atoms with Crippen LogP contribution < -0.4 is 9.64 Å². The smallest absolute Gasteiger partial charge is 0.387 e. The van der Waals surface area contributed by atoms with E-state index in [1.54, 1.807) is 6.20 Å². The van der Waals surface area contributed by atoms with Crippen molar-refractivity contribution in [1.82, 2.24) is 15.1 Å². The Morgan fingerprint density at radius 3 is 3.00 bits per heavy atom. The van der Waals surface area contributed by atoms with E-state index in [0.29, 0.717) is 5.89 Å². The summed E-state index contributed by atoms with van der Waals surface area (Å²) in [5.41, 5.74) is -0.0584. The lowest BCUT2D eigenvalue weighted by atomic mass is 10.2. The van der Waals surface area contributed by atoms with Crippen molar-refractivity contribution in [2.75, 3.05) is 11.4 Å². The number of aromatic nitrogens is 3. The second kappa shape index (κ2) is 6.94. The minimum Gasteiger partial charge on any atom is -0.435 e. The van der Waals surface area contributed by atoms with Gasteiger partial charge in [-0.15, -0.1) is 11.3 Å². The number of thiazole rings is 1. The molecule has 26 heavy (non-hydrogen) atoms. The Morgan fingerprint density at radius 1 is 1.35 bits per heavy atom. The summed E-state index contributed by atoms with van der Waals surface area (Å²) in [5.74, 6) is -0.495. The number of halogens is 3. The van der Waals surface area contributed by atoms with Crippen LogP contribution in [0.5, 0.6) is 5.75 Å². The molecule has 6 nitrogen and oxygen atoms in total. The Hall–Kier alpha value is -2.62. The zero-order valence-electron chi connectivity index (χ0n) is 13.3. The third-order valence-corrected chi connectivity index (χ3v) is 4.86. The fourth-order valence-corrected chi connectivity index (χ4v) is 3.66. The molecule has 1 atom stereocenters. The van der Waals surface area contributed by atoms with Gasteiger partial charge in [-0.25, -0.2) is 9.37 Å². The van der Waals surface area contributed by atoms with Crippen LogP contribution in [-0.2, 0) is 0 Å². The van der Waals surface area contributed by atoms with Crippen molar-refractivity contribution in [3.05, 3.63) is 41.5 Å². The van der Waals surface area contributed by atoms with Gasteiger partial charge in [0.25, 0.3) is 0 Å². The third kappa shape index (κ3) is 3.24. The number of benzene rings is 1. The quantitative estimate of drug-likeness (QED) is 0.656. The number of ether oxygens (including phenoxy) is 1. The first-order valence-electron chi connectivity index (χ1n) is 7.86. The first-order valence-corrected chi connectivity index (χ1v) is 8.74. The third-order valence-electron chi connectivity index (χ3n) is 4.05. The zero-order valence-corrected chi connectivity index (χ0v) is 14.1. The van der Waals surface area contributed by atoms with Crippen LogP contribution >= 0.6 is 11.3 Å². The van der Waals surface area contributed by atoms with Crippen molar-refractivity contribution in [3.8, 4) is 17.1 Å². The first-order chi connectivity index (χ1) is 12.6. The van der Waals surface area contributed by atoms with Crippen LogP contribution in [0.3, 0.4) is 0 Å². The summed E-state index contributed by atoms with van der Waals surface area (Å²) in [7, 11) is 0. The van der Waals surface area contributed by atoms with Gasteiger partial charge in [0.2, 0.25) is 11.7 Å². The number of nitrogens with zero attached hydrogens (tertiary/aromatic N) is 4. The Bertz CT molecular complexity index is 888. The monoisotopic (exact) mass is 382 g/mol. The second-order valence-electron chi connectivity index (χ2n) is 5.64. The molecule has 1 saturated heterocycles. The minimum atomic E-state index is -3.00. The molecule has 10 heteroatoms. The standard InChI is InChI=1S/C16H13F3N4O2S/c17-11-4-3-9(24-15(18)19)8-10(11)13-21-14(25-22-13)12-2-1-6-23(12)16-20-5-7-26-16/h3-5,7-8,12,15H,1-2,6H2. The van der Waals surface area contributed by atoms with Gasteiger partial charge in [0.1, 0.15) is 17.6 Å². The van der Waals surface area contributed by atoms with Crippen LogP contribution in [0, 0.1) is 5.82 Å². The van der Waals surface area contributed by atoms with E-state index in [4.69, 9.17) is 4.52 Å². The van der Waals surface area contributed by atoms with Crippen LogP contribution in [0.2, 0.25) is 0 Å². The van der Waals surface area contributed by atoms with Crippen LogP contribution in [0.25, 0.3) is 11.4 Å². The van der Waals surface area contributed by atoms with Gasteiger partial charge in [-0.3, -0.25) is 0 Å². The lowest BCUT2D eigenvalue weighted by molar-refractivity contribution is -0.0498. The number of anilines is 1. The summed E-state index contributed by atoms with van der Waals surface area (Å²) in [6.07, 6.45) is 3.46. The molecule has 3 heterocycles. The van der Waals surface area contributed by atoms with Gasteiger partial charge in [0, 0.05) is 18.1 Å². The summed E-state index contributed by atoms with van der Waals surface area (Å²) < 4.78 is 48.5. The predicted octanol–water partition coefficient (Wildman–Crippen LogP) is 4.28. The molecule has 1 aliphatic heterocycles. The summed E-state index contributed by atoms with van der Waals surface area (Å²) in [4.78, 5) is 10.6. The molecule has 0 N–H and O–H groups in total. The van der Waals surface area contributed by atoms with Gasteiger partial charge >= 0.3 is 6.61 Å². The van der Waals surface area contributed by atoms with Crippen LogP contribution in [0.1, 0.15) is 24.8 Å². The van der Waals surface area contributed by atoms with E-state index in [1.807, 2.05) is 5.38 Å². The lowest BCUT2D eigenvalue weighted by Gasteiger charge is -2.20. The van der Waals surface area contributed by atoms with E-state index in [-0.39, 0.29) is 23.2 Å². The van der Waals surface area contributed by atoms with Gasteiger partial charge in [-0.05, 0) is 31.0 Å². The maximum absolute atomic E-state index is 14.1. The summed E-state index contributed by atoms with van der Waals surface area (Å²) >= 11 is 1.51. The highest BCUT2D eigenvalue weighted by atomic mass is 32.1. The predicted molar refractivity (Wildman–Crippen MR) is 87.8 cm³/mol. The Balaban J connectivity index is 1.62. The molecule has 136 valence electrons. The van der Waals surface area contributed by atoms with Gasteiger partial charge in [-0.2, -0.15) is 13.8 Å². The maximum Gasteiger partial charge on any atom is 0.387 e. The summed E-state index contributed by atoms with van der Waals surface area (Å²) in [6, 6.07) is 3.13. The van der Waals surface area contributed by atoms with E-state index < -0.39 is 12.4 Å². The molecule has 0 saturated carbocycles. The Kier molecular flexibility index (Phi) is 4.49. The van der Waals surface area contributed by atoms with Gasteiger partial charge in [-0.1, -0.05) is 5.16 Å². The second-order valence-corrected chi connectivity index (χ2v) is 6.52. The largest absolute Gasteiger partial charge is 0.435 e. The van der Waals surface area contributed by atoms with Crippen molar-refractivity contribution in [2.45, 2.75) is 25.5 Å². The molecule has 0 amide bonds. The van der Waals surface area contributed by atoms with Crippen LogP contribution in [0.4, 0.5) is 18.3 Å². The molecule has 3 aromatic rings. The Labute approximate surface area is 150 Å². The van der Waals surface area contributed by atoms with Crippen molar-refractivity contribution >= 4 is 16.5 Å². The molecular weight excluding hydrogens is 369 g/mol. The maximum atomic E-state index is 14.1. The van der Waals surface area contributed by atoms with Crippen LogP contribution in [-0.4, -0.2) is 28.3 Å². The van der Waals surface area contributed by atoms with Crippen molar-refractivity contribution < 1.29 is 22.4 Å². The van der Waals surface area contributed by atoms with Gasteiger partial charge in [0.15, 0.2) is 5.13 Å². The van der Waals surface area contributed by atoms with Crippen molar-refractivity contribution in [1.29, 1.82) is 0 Å². The highest BCUT2D eigenvalue weighted by molar-refractivity contribution is 7.13. The van der Waals surface area contributed by atoms with E-state index in [9.17, 15) is 13.2 Å². The topological polar surface area (TPSA) is 64.3 Å². The lowest BCUT2D eigenvalue weighted by Crippen LogP contribution is -2.22. The minimum absolute atomic E-state index is 0.0109. The molecule has 0 radical (unpaired) electrons. The number of rotatable bonds is 5. The van der Waals surface area contributed by atoms with Crippen LogP contribution in [0.15, 0.2) is 34.3 Å². The first kappa shape index (κ1) is 16.8. The van der Waals surface area contributed by atoms with E-state index in [1.165, 1.54) is 11.3 Å². The molecule has 0 bridgehead atoms. The molecule has 2 aromatic heterocycles. The molecule has 1 unspecified atom stereocenters. The normalized spacial score (nSPS) is 17.2. The van der Waals surface area contributed by atoms with Crippen molar-refractivity contribution in [2.24, 2.45) is 0 Å². The van der Waals surface area contributed by atoms with Gasteiger partial charge in [0.05, 0.1) is 5.56 Å². The highest BCUT2D eigenvalue weighted by Gasteiger charge is 2.32. The van der Waals surface area contributed by atoms with E-state index >= 15 is 0 Å². The fraction of sp³-hybridized carbons (Fsp3) is 0.312. The molecule has 1 aliphatic rings. The molecule has 0 spiro atoms. The Morgan fingerprint density at radius 2 is 2.23 bits per heavy atom. The van der Waals surface area contributed by atoms with E-state index in [0.717, 1.165) is 42.7 Å².